The largest absolute Gasteiger partial charge is 0.390 e. The molecular formula is C20H18F3N7O3S. The summed E-state index contributed by atoms with van der Waals surface area (Å²) in [5, 5.41) is 33.3. The number of alkyl halides is 3. The van der Waals surface area contributed by atoms with E-state index in [9.17, 15) is 37.2 Å². The van der Waals surface area contributed by atoms with Gasteiger partial charge in [0.05, 0.1) is 36.4 Å². The summed E-state index contributed by atoms with van der Waals surface area (Å²) in [5.41, 5.74) is 0.667. The molecule has 34 heavy (non-hydrogen) atoms. The Hall–Kier alpha value is -3.46. The zero-order chi connectivity index (χ0) is 24.7. The smallest absolute Gasteiger partial charge is 0.376 e. The van der Waals surface area contributed by atoms with Gasteiger partial charge in [0.2, 0.25) is 10.0 Å². The normalized spacial score (nSPS) is 16.2. The first kappa shape index (κ1) is 23.7. The molecule has 0 atom stereocenters. The first-order valence-electron chi connectivity index (χ1n) is 9.99. The van der Waals surface area contributed by atoms with Crippen molar-refractivity contribution in [2.75, 3.05) is 18.8 Å². The van der Waals surface area contributed by atoms with Crippen molar-refractivity contribution in [3.05, 3.63) is 36.4 Å². The molecule has 4 heterocycles. The summed E-state index contributed by atoms with van der Waals surface area (Å²) in [6.45, 7) is -0.704. The van der Waals surface area contributed by atoms with E-state index in [4.69, 9.17) is 0 Å². The highest BCUT2D eigenvalue weighted by molar-refractivity contribution is 7.89. The van der Waals surface area contributed by atoms with Gasteiger partial charge in [-0.1, -0.05) is 0 Å². The molecule has 0 bridgehead atoms. The summed E-state index contributed by atoms with van der Waals surface area (Å²) in [5.74, 6) is -1.06. The number of fused-ring (bicyclic) bond motifs is 1. The van der Waals surface area contributed by atoms with Crippen LogP contribution < -0.4 is 0 Å². The lowest BCUT2D eigenvalue weighted by atomic mass is 9.89. The Labute approximate surface area is 192 Å². The molecule has 178 valence electrons. The molecule has 4 rings (SSSR count). The van der Waals surface area contributed by atoms with Gasteiger partial charge in [0.15, 0.2) is 0 Å². The van der Waals surface area contributed by atoms with Gasteiger partial charge in [-0.15, -0.1) is 0 Å². The third-order valence-electron chi connectivity index (χ3n) is 5.81. The quantitative estimate of drug-likeness (QED) is 0.530. The van der Waals surface area contributed by atoms with Crippen molar-refractivity contribution in [2.45, 2.75) is 31.3 Å². The van der Waals surface area contributed by atoms with Crippen LogP contribution in [-0.2, 0) is 22.3 Å². The Bertz CT molecular complexity index is 1420. The van der Waals surface area contributed by atoms with E-state index in [1.54, 1.807) is 18.5 Å². The van der Waals surface area contributed by atoms with E-state index in [0.717, 1.165) is 4.31 Å². The third-order valence-corrected chi connectivity index (χ3v) is 7.57. The van der Waals surface area contributed by atoms with Crippen LogP contribution in [-0.4, -0.2) is 62.2 Å². The number of pyridine rings is 1. The maximum absolute atomic E-state index is 12.5. The monoisotopic (exact) mass is 493 g/mol. The third kappa shape index (κ3) is 4.11. The molecule has 0 unspecified atom stereocenters. The number of hydrogen-bond acceptors (Lipinski definition) is 7. The molecule has 3 aromatic heterocycles. The van der Waals surface area contributed by atoms with E-state index >= 15 is 0 Å². The Balaban J connectivity index is 1.66. The van der Waals surface area contributed by atoms with Crippen LogP contribution in [0.3, 0.4) is 0 Å². The van der Waals surface area contributed by atoms with Crippen LogP contribution in [0, 0.1) is 22.7 Å². The molecule has 14 heteroatoms. The number of hydrogen-bond donors (Lipinski definition) is 1. The standard InChI is InChI=1S/C20H18F3N7O3S/c21-20(22,23)3-6-34(32,33)29-11-19(12-29,2-4-24)30-10-15(9-27-30)17-14(7-25)8-26-18-16(17)1-5-28(18)13-31/h1,5,8-10,31H,2-3,6,11-13H2. The van der Waals surface area contributed by atoms with Crippen molar-refractivity contribution in [3.8, 4) is 23.3 Å². The molecule has 1 saturated heterocycles. The second-order valence-corrected chi connectivity index (χ2v) is 10.1. The zero-order valence-electron chi connectivity index (χ0n) is 17.6. The molecule has 1 N–H and O–H groups in total. The van der Waals surface area contributed by atoms with Crippen LogP contribution >= 0.6 is 0 Å². The van der Waals surface area contributed by atoms with E-state index in [1.165, 1.54) is 21.6 Å². The molecule has 1 aliphatic heterocycles. The van der Waals surface area contributed by atoms with Crippen molar-refractivity contribution in [3.63, 3.8) is 0 Å². The average molecular weight is 493 g/mol. The first-order chi connectivity index (χ1) is 16.0. The zero-order valence-corrected chi connectivity index (χ0v) is 18.4. The van der Waals surface area contributed by atoms with Crippen molar-refractivity contribution in [1.29, 1.82) is 10.5 Å². The van der Waals surface area contributed by atoms with Crippen molar-refractivity contribution < 1.29 is 26.7 Å². The molecule has 3 aromatic rings. The number of nitrogens with zero attached hydrogens (tertiary/aromatic N) is 7. The molecule has 0 saturated carbocycles. The molecule has 1 fully saturated rings. The lowest BCUT2D eigenvalue weighted by molar-refractivity contribution is -0.130. The maximum atomic E-state index is 12.5. The summed E-state index contributed by atoms with van der Waals surface area (Å²) >= 11 is 0. The highest BCUT2D eigenvalue weighted by atomic mass is 32.2. The van der Waals surface area contributed by atoms with Gasteiger partial charge in [0, 0.05) is 48.2 Å². The van der Waals surface area contributed by atoms with Crippen LogP contribution in [0.5, 0.6) is 0 Å². The SMILES string of the molecule is N#CCC1(n2cc(-c3c(C#N)cnc4c3ccn4CO)cn2)CN(S(=O)(=O)CCC(F)(F)F)C1. The number of aliphatic hydroxyl groups excluding tert-OH is 1. The fourth-order valence-corrected chi connectivity index (χ4v) is 5.65. The first-order valence-corrected chi connectivity index (χ1v) is 11.6. The summed E-state index contributed by atoms with van der Waals surface area (Å²) in [6, 6.07) is 5.75. The van der Waals surface area contributed by atoms with Gasteiger partial charge in [0.1, 0.15) is 24.0 Å². The van der Waals surface area contributed by atoms with Gasteiger partial charge >= 0.3 is 6.18 Å². The summed E-state index contributed by atoms with van der Waals surface area (Å²) < 4.78 is 65.9. The molecule has 0 amide bonds. The van der Waals surface area contributed by atoms with Crippen LogP contribution in [0.1, 0.15) is 18.4 Å². The van der Waals surface area contributed by atoms with Crippen LogP contribution in [0.25, 0.3) is 22.2 Å². The lowest BCUT2D eigenvalue weighted by Gasteiger charge is -2.47. The van der Waals surface area contributed by atoms with E-state index in [2.05, 4.69) is 16.2 Å². The fraction of sp³-hybridized carbons (Fsp3) is 0.400. The summed E-state index contributed by atoms with van der Waals surface area (Å²) in [7, 11) is -4.15. The molecule has 1 aliphatic rings. The topological polar surface area (TPSA) is 141 Å². The average Bonchev–Trinajstić information content (AvgIpc) is 3.40. The van der Waals surface area contributed by atoms with Gasteiger partial charge in [-0.3, -0.25) is 4.68 Å². The van der Waals surface area contributed by atoms with Crippen LogP contribution in [0.4, 0.5) is 13.2 Å². The molecule has 0 radical (unpaired) electrons. The van der Waals surface area contributed by atoms with E-state index in [0.29, 0.717) is 22.2 Å². The predicted octanol–water partition coefficient (Wildman–Crippen LogP) is 1.93. The summed E-state index contributed by atoms with van der Waals surface area (Å²) in [4.78, 5) is 4.21. The van der Waals surface area contributed by atoms with E-state index < -0.39 is 33.9 Å². The number of aromatic nitrogens is 4. The fourth-order valence-electron chi connectivity index (χ4n) is 4.03. The minimum Gasteiger partial charge on any atom is -0.376 e. The maximum Gasteiger partial charge on any atom is 0.390 e. The van der Waals surface area contributed by atoms with Gasteiger partial charge in [-0.2, -0.15) is 33.1 Å². The van der Waals surface area contributed by atoms with Crippen LogP contribution in [0.2, 0.25) is 0 Å². The highest BCUT2D eigenvalue weighted by Crippen LogP contribution is 2.37. The van der Waals surface area contributed by atoms with Crippen molar-refractivity contribution in [1.82, 2.24) is 23.6 Å². The Kier molecular flexibility index (Phi) is 5.85. The summed E-state index contributed by atoms with van der Waals surface area (Å²) in [6.07, 6.45) is -0.150. The Morgan fingerprint density at radius 3 is 2.59 bits per heavy atom. The van der Waals surface area contributed by atoms with Gasteiger partial charge in [0.25, 0.3) is 0 Å². The lowest BCUT2D eigenvalue weighted by Crippen LogP contribution is -2.64. The Morgan fingerprint density at radius 2 is 1.97 bits per heavy atom. The van der Waals surface area contributed by atoms with Crippen LogP contribution in [0.15, 0.2) is 30.9 Å². The van der Waals surface area contributed by atoms with E-state index in [1.807, 2.05) is 6.07 Å². The molecule has 0 spiro atoms. The number of aliphatic hydroxyl groups is 1. The highest BCUT2D eigenvalue weighted by Gasteiger charge is 2.50. The number of sulfonamides is 1. The van der Waals surface area contributed by atoms with Gasteiger partial charge in [-0.05, 0) is 6.07 Å². The predicted molar refractivity (Wildman–Crippen MR) is 112 cm³/mol. The molecule has 10 nitrogen and oxygen atoms in total. The minimum absolute atomic E-state index is 0.114. The number of halogens is 3. The van der Waals surface area contributed by atoms with E-state index in [-0.39, 0.29) is 31.8 Å². The Morgan fingerprint density at radius 1 is 1.24 bits per heavy atom. The van der Waals surface area contributed by atoms with Gasteiger partial charge in [-0.25, -0.2) is 13.4 Å². The molecule has 0 aliphatic carbocycles. The minimum atomic E-state index is -4.60. The molecular weight excluding hydrogens is 475 g/mol. The second kappa shape index (κ2) is 8.39. The van der Waals surface area contributed by atoms with Crippen molar-refractivity contribution in [2.24, 2.45) is 0 Å². The number of rotatable bonds is 7. The van der Waals surface area contributed by atoms with Gasteiger partial charge < -0.3 is 9.67 Å². The van der Waals surface area contributed by atoms with Crippen molar-refractivity contribution >= 4 is 21.1 Å². The second-order valence-electron chi connectivity index (χ2n) is 8.00. The number of nitriles is 2. The molecule has 0 aromatic carbocycles.